The maximum absolute atomic E-state index is 12.6. The largest absolute Gasteiger partial charge is 0.389 e. The fourth-order valence-electron chi connectivity index (χ4n) is 2.65. The molecule has 4 heteroatoms. The molecule has 1 atom stereocenters. The first kappa shape index (κ1) is 16.6. The molecule has 2 amide bonds. The molecule has 4 nitrogen and oxygen atoms in total. The topological polar surface area (TPSA) is 52.6 Å². The summed E-state index contributed by atoms with van der Waals surface area (Å²) in [5.41, 5.74) is 0.134. The lowest BCUT2D eigenvalue weighted by Crippen LogP contribution is -2.49. The monoisotopic (exact) mass is 302 g/mol. The van der Waals surface area contributed by atoms with Gasteiger partial charge in [0.05, 0.1) is 12.1 Å². The first-order valence-electron chi connectivity index (χ1n) is 7.92. The van der Waals surface area contributed by atoms with E-state index in [9.17, 15) is 9.90 Å². The molecule has 0 heterocycles. The van der Waals surface area contributed by atoms with Gasteiger partial charge in [-0.3, -0.25) is 0 Å². The van der Waals surface area contributed by atoms with Gasteiger partial charge in [-0.15, -0.1) is 0 Å². The minimum atomic E-state index is -0.922. The van der Waals surface area contributed by atoms with Crippen LogP contribution in [0.4, 0.5) is 4.79 Å². The molecule has 1 aliphatic carbocycles. The van der Waals surface area contributed by atoms with Crippen LogP contribution in [0.15, 0.2) is 42.5 Å². The molecule has 2 N–H and O–H groups in total. The van der Waals surface area contributed by atoms with Gasteiger partial charge in [-0.25, -0.2) is 4.79 Å². The molecule has 1 aliphatic rings. The average molecular weight is 302 g/mol. The molecule has 0 spiro atoms. The van der Waals surface area contributed by atoms with E-state index in [2.05, 4.69) is 17.5 Å². The Bertz CT molecular complexity index is 506. The number of urea groups is 1. The van der Waals surface area contributed by atoms with Crippen molar-refractivity contribution in [2.24, 2.45) is 0 Å². The number of benzene rings is 1. The molecule has 1 aromatic carbocycles. The predicted molar refractivity (Wildman–Crippen MR) is 88.5 cm³/mol. The van der Waals surface area contributed by atoms with E-state index in [0.717, 1.165) is 24.8 Å². The smallest absolute Gasteiger partial charge is 0.318 e. The first-order valence-corrected chi connectivity index (χ1v) is 7.92. The number of hydrogen-bond acceptors (Lipinski definition) is 2. The number of rotatable bonds is 5. The van der Waals surface area contributed by atoms with Gasteiger partial charge in [0.2, 0.25) is 0 Å². The Balaban J connectivity index is 2.04. The van der Waals surface area contributed by atoms with E-state index in [-0.39, 0.29) is 12.1 Å². The second-order valence-electron chi connectivity index (χ2n) is 6.57. The molecule has 0 radical (unpaired) electrons. The van der Waals surface area contributed by atoms with Crippen LogP contribution in [0.2, 0.25) is 0 Å². The fourth-order valence-corrected chi connectivity index (χ4v) is 2.65. The number of aliphatic hydroxyl groups is 1. The zero-order chi connectivity index (χ0) is 16.0. The highest BCUT2D eigenvalue weighted by Gasteiger charge is 2.24. The van der Waals surface area contributed by atoms with Gasteiger partial charge in [0.1, 0.15) is 0 Å². The average Bonchev–Trinajstić information content (AvgIpc) is 2.47. The highest BCUT2D eigenvalue weighted by Crippen LogP contribution is 2.13. The molecule has 0 saturated carbocycles. The zero-order valence-corrected chi connectivity index (χ0v) is 13.5. The second kappa shape index (κ2) is 7.45. The molecule has 0 bridgehead atoms. The van der Waals surface area contributed by atoms with Crippen molar-refractivity contribution < 1.29 is 9.90 Å². The van der Waals surface area contributed by atoms with Crippen LogP contribution in [0.1, 0.15) is 38.7 Å². The summed E-state index contributed by atoms with van der Waals surface area (Å²) in [6.45, 7) is 4.23. The summed E-state index contributed by atoms with van der Waals surface area (Å²) in [5, 5.41) is 13.1. The number of amides is 2. The van der Waals surface area contributed by atoms with E-state index >= 15 is 0 Å². The van der Waals surface area contributed by atoms with Crippen LogP contribution < -0.4 is 5.32 Å². The van der Waals surface area contributed by atoms with Gasteiger partial charge in [0, 0.05) is 12.6 Å². The summed E-state index contributed by atoms with van der Waals surface area (Å²) in [6.07, 6.45) is 7.34. The fraction of sp³-hybridized carbons (Fsp3) is 0.500. The van der Waals surface area contributed by atoms with Crippen molar-refractivity contribution in [3.63, 3.8) is 0 Å². The van der Waals surface area contributed by atoms with Crippen LogP contribution in [0.25, 0.3) is 0 Å². The van der Waals surface area contributed by atoms with Crippen LogP contribution in [-0.4, -0.2) is 34.2 Å². The molecule has 0 saturated heterocycles. The summed E-state index contributed by atoms with van der Waals surface area (Å²) in [5.74, 6) is 0. The Morgan fingerprint density at radius 1 is 1.36 bits per heavy atom. The molecule has 1 aromatic rings. The summed E-state index contributed by atoms with van der Waals surface area (Å²) in [7, 11) is 0. The third-order valence-electron chi connectivity index (χ3n) is 3.64. The maximum Gasteiger partial charge on any atom is 0.318 e. The van der Waals surface area contributed by atoms with E-state index in [1.807, 2.05) is 30.3 Å². The molecular formula is C18H26N2O2. The Kier molecular flexibility index (Phi) is 5.61. The lowest BCUT2D eigenvalue weighted by Gasteiger charge is -2.31. The lowest BCUT2D eigenvalue weighted by molar-refractivity contribution is 0.0443. The standard InChI is InChI=1S/C18H26N2O2/c1-18(2,22)14-20(13-15-9-5-3-6-10-15)17(21)19-16-11-7-4-8-12-16/h3,5-7,9-11,16,22H,4,8,12-14H2,1-2H3,(H,19,21). The number of nitrogens with zero attached hydrogens (tertiary/aromatic N) is 1. The maximum atomic E-state index is 12.6. The van der Waals surface area contributed by atoms with Crippen LogP contribution in [0.5, 0.6) is 0 Å². The van der Waals surface area contributed by atoms with Gasteiger partial charge in [-0.05, 0) is 38.7 Å². The summed E-state index contributed by atoms with van der Waals surface area (Å²) >= 11 is 0. The van der Waals surface area contributed by atoms with Crippen LogP contribution in [0, 0.1) is 0 Å². The first-order chi connectivity index (χ1) is 10.4. The highest BCUT2D eigenvalue weighted by molar-refractivity contribution is 5.75. The SMILES string of the molecule is CC(C)(O)CN(Cc1ccccc1)C(=O)NC1C=CCCC1. The zero-order valence-electron chi connectivity index (χ0n) is 13.5. The van der Waals surface area contributed by atoms with Crippen molar-refractivity contribution in [3.8, 4) is 0 Å². The van der Waals surface area contributed by atoms with Crippen LogP contribution in [-0.2, 0) is 6.54 Å². The quantitative estimate of drug-likeness (QED) is 0.821. The van der Waals surface area contributed by atoms with Gasteiger partial charge in [0.25, 0.3) is 0 Å². The van der Waals surface area contributed by atoms with Gasteiger partial charge in [-0.2, -0.15) is 0 Å². The van der Waals surface area contributed by atoms with Crippen molar-refractivity contribution in [1.82, 2.24) is 10.2 Å². The van der Waals surface area contributed by atoms with Crippen molar-refractivity contribution in [3.05, 3.63) is 48.0 Å². The summed E-state index contributed by atoms with van der Waals surface area (Å²) in [6, 6.07) is 9.83. The van der Waals surface area contributed by atoms with Crippen molar-refractivity contribution in [1.29, 1.82) is 0 Å². The molecule has 2 rings (SSSR count). The van der Waals surface area contributed by atoms with Crippen molar-refractivity contribution in [2.75, 3.05) is 6.54 Å². The van der Waals surface area contributed by atoms with Gasteiger partial charge in [0.15, 0.2) is 0 Å². The molecule has 1 unspecified atom stereocenters. The number of hydrogen-bond donors (Lipinski definition) is 2. The molecule has 22 heavy (non-hydrogen) atoms. The molecule has 0 aromatic heterocycles. The van der Waals surface area contributed by atoms with Crippen LogP contribution >= 0.6 is 0 Å². The summed E-state index contributed by atoms with van der Waals surface area (Å²) in [4.78, 5) is 14.2. The molecule has 0 aliphatic heterocycles. The van der Waals surface area contributed by atoms with E-state index in [4.69, 9.17) is 0 Å². The van der Waals surface area contributed by atoms with E-state index in [0.29, 0.717) is 13.1 Å². The molecular weight excluding hydrogens is 276 g/mol. The van der Waals surface area contributed by atoms with Gasteiger partial charge < -0.3 is 15.3 Å². The van der Waals surface area contributed by atoms with Gasteiger partial charge in [-0.1, -0.05) is 42.5 Å². The normalized spacial score (nSPS) is 18.0. The minimum Gasteiger partial charge on any atom is -0.389 e. The number of allylic oxidation sites excluding steroid dienone is 1. The van der Waals surface area contributed by atoms with E-state index < -0.39 is 5.60 Å². The Morgan fingerprint density at radius 2 is 2.09 bits per heavy atom. The number of nitrogens with one attached hydrogen (secondary N) is 1. The minimum absolute atomic E-state index is 0.0985. The van der Waals surface area contributed by atoms with Crippen molar-refractivity contribution in [2.45, 2.75) is 51.3 Å². The third kappa shape index (κ3) is 5.53. The van der Waals surface area contributed by atoms with Crippen LogP contribution in [0.3, 0.4) is 0 Å². The summed E-state index contributed by atoms with van der Waals surface area (Å²) < 4.78 is 0. The Morgan fingerprint density at radius 3 is 2.68 bits per heavy atom. The molecule has 0 fully saturated rings. The number of carbonyl (C=O) groups excluding carboxylic acids is 1. The second-order valence-corrected chi connectivity index (χ2v) is 6.57. The highest BCUT2D eigenvalue weighted by atomic mass is 16.3. The predicted octanol–water partition coefficient (Wildman–Crippen LogP) is 3.08. The van der Waals surface area contributed by atoms with E-state index in [1.165, 1.54) is 0 Å². The Hall–Kier alpha value is -1.81. The number of carbonyl (C=O) groups is 1. The lowest BCUT2D eigenvalue weighted by atomic mass is 10.0. The van der Waals surface area contributed by atoms with Gasteiger partial charge >= 0.3 is 6.03 Å². The Labute approximate surface area is 132 Å². The molecule has 120 valence electrons. The third-order valence-corrected chi connectivity index (χ3v) is 3.64. The van der Waals surface area contributed by atoms with Crippen molar-refractivity contribution >= 4 is 6.03 Å². The van der Waals surface area contributed by atoms with E-state index in [1.54, 1.807) is 18.7 Å².